The van der Waals surface area contributed by atoms with Crippen LogP contribution in [-0.2, 0) is 11.3 Å². The first kappa shape index (κ1) is 20.4. The molecule has 4 rings (SSSR count). The molecular formula is C26H35NO2. The van der Waals surface area contributed by atoms with Crippen molar-refractivity contribution in [2.75, 3.05) is 13.1 Å². The van der Waals surface area contributed by atoms with E-state index in [2.05, 4.69) is 48.2 Å². The second-order valence-corrected chi connectivity index (χ2v) is 9.17. The maximum Gasteiger partial charge on any atom is 0.133 e. The van der Waals surface area contributed by atoms with Gasteiger partial charge in [0.05, 0.1) is 6.10 Å². The van der Waals surface area contributed by atoms with E-state index >= 15 is 0 Å². The molecule has 0 radical (unpaired) electrons. The monoisotopic (exact) mass is 393 g/mol. The van der Waals surface area contributed by atoms with Crippen LogP contribution in [-0.4, -0.2) is 29.9 Å². The summed E-state index contributed by atoms with van der Waals surface area (Å²) >= 11 is 0. The fraction of sp³-hybridized carbons (Fsp3) is 0.577. The summed E-state index contributed by atoms with van der Waals surface area (Å²) in [6.07, 6.45) is 8.69. The van der Waals surface area contributed by atoms with Gasteiger partial charge in [-0.3, -0.25) is 9.69 Å². The van der Waals surface area contributed by atoms with E-state index in [0.29, 0.717) is 11.9 Å². The summed E-state index contributed by atoms with van der Waals surface area (Å²) in [6.45, 7) is 7.06. The predicted molar refractivity (Wildman–Crippen MR) is 119 cm³/mol. The molecule has 1 saturated carbocycles. The van der Waals surface area contributed by atoms with Crippen molar-refractivity contribution in [2.24, 2.45) is 11.8 Å². The largest absolute Gasteiger partial charge is 0.490 e. The highest BCUT2D eigenvalue weighted by molar-refractivity contribution is 5.84. The van der Waals surface area contributed by atoms with Crippen molar-refractivity contribution < 1.29 is 9.53 Å². The Morgan fingerprint density at radius 3 is 2.34 bits per heavy atom. The summed E-state index contributed by atoms with van der Waals surface area (Å²) in [4.78, 5) is 14.0. The van der Waals surface area contributed by atoms with Gasteiger partial charge in [0, 0.05) is 12.5 Å². The second-order valence-electron chi connectivity index (χ2n) is 9.17. The Morgan fingerprint density at radius 2 is 1.66 bits per heavy atom. The van der Waals surface area contributed by atoms with Crippen molar-refractivity contribution in [1.82, 2.24) is 4.90 Å². The van der Waals surface area contributed by atoms with E-state index in [1.807, 2.05) is 0 Å². The average molecular weight is 394 g/mol. The molecule has 3 heteroatoms. The van der Waals surface area contributed by atoms with Crippen LogP contribution in [0.5, 0.6) is 5.75 Å². The molecule has 1 saturated heterocycles. The molecule has 2 fully saturated rings. The smallest absolute Gasteiger partial charge is 0.133 e. The van der Waals surface area contributed by atoms with Crippen LogP contribution < -0.4 is 4.74 Å². The van der Waals surface area contributed by atoms with Gasteiger partial charge in [-0.2, -0.15) is 0 Å². The lowest BCUT2D eigenvalue weighted by atomic mass is 9.86. The Balaban J connectivity index is 1.35. The first-order valence-corrected chi connectivity index (χ1v) is 11.5. The number of hydrogen-bond donors (Lipinski definition) is 0. The molecule has 156 valence electrons. The van der Waals surface area contributed by atoms with Crippen molar-refractivity contribution in [3.63, 3.8) is 0 Å². The van der Waals surface area contributed by atoms with Crippen LogP contribution in [0.1, 0.15) is 64.4 Å². The topological polar surface area (TPSA) is 29.5 Å². The number of piperidine rings is 1. The molecule has 0 spiro atoms. The van der Waals surface area contributed by atoms with Gasteiger partial charge >= 0.3 is 0 Å². The van der Waals surface area contributed by atoms with Gasteiger partial charge in [0.1, 0.15) is 11.5 Å². The molecule has 3 nitrogen and oxygen atoms in total. The van der Waals surface area contributed by atoms with Crippen LogP contribution in [0.15, 0.2) is 36.4 Å². The third-order valence-corrected chi connectivity index (χ3v) is 7.12. The van der Waals surface area contributed by atoms with E-state index in [4.69, 9.17) is 4.74 Å². The van der Waals surface area contributed by atoms with E-state index in [0.717, 1.165) is 44.1 Å². The molecule has 0 atom stereocenters. The first-order valence-electron chi connectivity index (χ1n) is 11.5. The maximum absolute atomic E-state index is 11.6. The first-order chi connectivity index (χ1) is 14.1. The van der Waals surface area contributed by atoms with Crippen molar-refractivity contribution >= 4 is 16.6 Å². The van der Waals surface area contributed by atoms with E-state index in [1.165, 1.54) is 48.4 Å². The van der Waals surface area contributed by atoms with Crippen LogP contribution in [0, 0.1) is 11.8 Å². The highest BCUT2D eigenvalue weighted by Crippen LogP contribution is 2.31. The average Bonchev–Trinajstić information content (AvgIpc) is 2.75. The summed E-state index contributed by atoms with van der Waals surface area (Å²) in [5.41, 5.74) is 1.35. The van der Waals surface area contributed by atoms with Crippen LogP contribution in [0.3, 0.4) is 0 Å². The summed E-state index contributed by atoms with van der Waals surface area (Å²) in [5.74, 6) is 2.54. The quantitative estimate of drug-likeness (QED) is 0.604. The zero-order valence-electron chi connectivity index (χ0n) is 18.0. The number of ketones is 1. The number of fused-ring (bicyclic) bond motifs is 1. The minimum Gasteiger partial charge on any atom is -0.490 e. The Hall–Kier alpha value is -1.87. The molecule has 0 unspecified atom stereocenters. The number of benzene rings is 2. The number of hydrogen-bond acceptors (Lipinski definition) is 3. The molecule has 2 aliphatic rings. The standard InChI is InChI=1S/C26H35NO2/c1-3-20-5-9-25(10-6-20)29-26-11-8-23-16-21(4-7-24(23)17-26)18-27-14-12-22(13-15-27)19(2)28/h4,7-8,11,16-17,20,22,25H,3,5-6,9-10,12-15,18H2,1-2H3/t20-,25+. The summed E-state index contributed by atoms with van der Waals surface area (Å²) in [7, 11) is 0. The van der Waals surface area contributed by atoms with E-state index in [1.54, 1.807) is 6.92 Å². The number of Topliss-reactive ketones (excluding diaryl/α,β-unsaturated/α-hetero) is 1. The van der Waals surface area contributed by atoms with Crippen LogP contribution >= 0.6 is 0 Å². The molecule has 1 aliphatic heterocycles. The van der Waals surface area contributed by atoms with Gasteiger partial charge < -0.3 is 4.74 Å². The fourth-order valence-corrected chi connectivity index (χ4v) is 5.05. The van der Waals surface area contributed by atoms with Crippen molar-refractivity contribution in [1.29, 1.82) is 0 Å². The van der Waals surface area contributed by atoms with Gasteiger partial charge in [0.15, 0.2) is 0 Å². The van der Waals surface area contributed by atoms with Crippen molar-refractivity contribution in [2.45, 2.75) is 71.4 Å². The van der Waals surface area contributed by atoms with Crippen molar-refractivity contribution in [3.05, 3.63) is 42.0 Å². The maximum atomic E-state index is 11.6. The van der Waals surface area contributed by atoms with Gasteiger partial charge in [-0.05, 0) is 99.0 Å². The lowest BCUT2D eigenvalue weighted by molar-refractivity contribution is -0.122. The molecular weight excluding hydrogens is 358 g/mol. The highest BCUT2D eigenvalue weighted by Gasteiger charge is 2.23. The highest BCUT2D eigenvalue weighted by atomic mass is 16.5. The van der Waals surface area contributed by atoms with E-state index in [9.17, 15) is 4.79 Å². The third kappa shape index (κ3) is 5.19. The predicted octanol–water partition coefficient (Wildman–Crippen LogP) is 5.99. The van der Waals surface area contributed by atoms with Gasteiger partial charge in [0.25, 0.3) is 0 Å². The molecule has 0 aromatic heterocycles. The van der Waals surface area contributed by atoms with Crippen LogP contribution in [0.4, 0.5) is 0 Å². The molecule has 0 amide bonds. The second kappa shape index (κ2) is 9.30. The van der Waals surface area contributed by atoms with E-state index < -0.39 is 0 Å². The molecule has 1 heterocycles. The summed E-state index contributed by atoms with van der Waals surface area (Å²) in [6, 6.07) is 13.3. The Kier molecular flexibility index (Phi) is 6.54. The third-order valence-electron chi connectivity index (χ3n) is 7.12. The minimum absolute atomic E-state index is 0.276. The number of nitrogens with zero attached hydrogens (tertiary/aromatic N) is 1. The zero-order chi connectivity index (χ0) is 20.2. The molecule has 2 aromatic rings. The normalized spacial score (nSPS) is 23.9. The summed E-state index contributed by atoms with van der Waals surface area (Å²) < 4.78 is 6.30. The van der Waals surface area contributed by atoms with Crippen LogP contribution in [0.2, 0.25) is 0 Å². The van der Waals surface area contributed by atoms with Gasteiger partial charge in [-0.25, -0.2) is 0 Å². The Bertz CT molecular complexity index is 830. The van der Waals surface area contributed by atoms with Crippen molar-refractivity contribution in [3.8, 4) is 5.75 Å². The number of likely N-dealkylation sites (tertiary alicyclic amines) is 1. The fourth-order valence-electron chi connectivity index (χ4n) is 5.05. The number of carbonyl (C=O) groups is 1. The Labute approximate surface area is 175 Å². The minimum atomic E-state index is 0.276. The number of rotatable bonds is 6. The molecule has 2 aromatic carbocycles. The van der Waals surface area contributed by atoms with E-state index in [-0.39, 0.29) is 5.92 Å². The lowest BCUT2D eigenvalue weighted by Crippen LogP contribution is -2.35. The van der Waals surface area contributed by atoms with Crippen LogP contribution in [0.25, 0.3) is 10.8 Å². The molecule has 29 heavy (non-hydrogen) atoms. The lowest BCUT2D eigenvalue weighted by Gasteiger charge is -2.30. The number of carbonyl (C=O) groups excluding carboxylic acids is 1. The molecule has 0 bridgehead atoms. The Morgan fingerprint density at radius 1 is 0.966 bits per heavy atom. The summed E-state index contributed by atoms with van der Waals surface area (Å²) in [5, 5.41) is 2.53. The SMILES string of the molecule is CC[C@H]1CC[C@@H](Oc2ccc3cc(CN4CCC(C(C)=O)CC4)ccc3c2)CC1. The number of ether oxygens (including phenoxy) is 1. The molecule has 1 aliphatic carbocycles. The zero-order valence-corrected chi connectivity index (χ0v) is 18.0. The molecule has 0 N–H and O–H groups in total. The van der Waals surface area contributed by atoms with Gasteiger partial charge in [-0.1, -0.05) is 31.5 Å². The van der Waals surface area contributed by atoms with Gasteiger partial charge in [0.2, 0.25) is 0 Å². The van der Waals surface area contributed by atoms with Gasteiger partial charge in [-0.15, -0.1) is 0 Å².